The zero-order valence-corrected chi connectivity index (χ0v) is 11.6. The van der Waals surface area contributed by atoms with Crippen LogP contribution in [-0.2, 0) is 0 Å². The smallest absolute Gasteiger partial charge is 0.126 e. The number of hydrogen-bond acceptors (Lipinski definition) is 0. The van der Waals surface area contributed by atoms with Gasteiger partial charge in [-0.1, -0.05) is 41.5 Å². The fourth-order valence-corrected chi connectivity index (χ4v) is 2.44. The van der Waals surface area contributed by atoms with Crippen LogP contribution in [0.5, 0.6) is 0 Å². The molecule has 0 spiro atoms. The quantitative estimate of drug-likeness (QED) is 0.662. The number of rotatable bonds is 2. The van der Waals surface area contributed by atoms with E-state index >= 15 is 0 Å². The second kappa shape index (κ2) is 5.11. The Morgan fingerprint density at radius 2 is 1.50 bits per heavy atom. The highest BCUT2D eigenvalue weighted by Gasteiger charge is 2.12. The molecule has 1 unspecified atom stereocenters. The minimum Gasteiger partial charge on any atom is -0.207 e. The number of halogens is 2. The summed E-state index contributed by atoms with van der Waals surface area (Å²) in [6.07, 6.45) is 0. The Morgan fingerprint density at radius 1 is 0.889 bits per heavy atom. The molecule has 0 heterocycles. The first-order valence-electron chi connectivity index (χ1n) is 5.95. The molecule has 0 amide bonds. The van der Waals surface area contributed by atoms with E-state index in [0.29, 0.717) is 5.56 Å². The van der Waals surface area contributed by atoms with Crippen LogP contribution >= 0.6 is 11.6 Å². The normalized spacial score (nSPS) is 12.5. The Labute approximate surface area is 112 Å². The van der Waals surface area contributed by atoms with E-state index in [1.807, 2.05) is 6.07 Å². The summed E-state index contributed by atoms with van der Waals surface area (Å²) in [5.74, 6) is -0.192. The second-order valence-electron chi connectivity index (χ2n) is 4.79. The van der Waals surface area contributed by atoms with E-state index in [0.717, 1.165) is 11.1 Å². The Bertz CT molecular complexity index is 555. The van der Waals surface area contributed by atoms with E-state index in [1.165, 1.54) is 17.2 Å². The van der Waals surface area contributed by atoms with Gasteiger partial charge in [0.1, 0.15) is 5.82 Å². The van der Waals surface area contributed by atoms with E-state index < -0.39 is 0 Å². The molecule has 0 saturated carbocycles. The van der Waals surface area contributed by atoms with Crippen molar-refractivity contribution < 1.29 is 4.39 Å². The molecule has 2 aromatic rings. The number of alkyl halides is 1. The van der Waals surface area contributed by atoms with Crippen LogP contribution < -0.4 is 0 Å². The molecule has 0 nitrogen and oxygen atoms in total. The SMILES string of the molecule is Cc1cc(C)cc(C(Cl)c2ccc(F)c(C)c2)c1. The molecule has 0 aliphatic rings. The van der Waals surface area contributed by atoms with Gasteiger partial charge in [0.25, 0.3) is 0 Å². The predicted octanol–water partition coefficient (Wildman–Crippen LogP) is 5.08. The van der Waals surface area contributed by atoms with E-state index in [2.05, 4.69) is 32.0 Å². The fraction of sp³-hybridized carbons (Fsp3) is 0.250. The standard InChI is InChI=1S/C16H16ClF/c1-10-6-11(2)8-14(7-10)16(17)13-4-5-15(18)12(3)9-13/h4-9,16H,1-3H3. The lowest BCUT2D eigenvalue weighted by atomic mass is 9.99. The highest BCUT2D eigenvalue weighted by Crippen LogP contribution is 2.30. The van der Waals surface area contributed by atoms with Crippen LogP contribution in [0.15, 0.2) is 36.4 Å². The third-order valence-corrected chi connectivity index (χ3v) is 3.52. The molecule has 18 heavy (non-hydrogen) atoms. The molecule has 2 heteroatoms. The maximum Gasteiger partial charge on any atom is 0.126 e. The first kappa shape index (κ1) is 13.1. The summed E-state index contributed by atoms with van der Waals surface area (Å²) in [5, 5.41) is -0.233. The van der Waals surface area contributed by atoms with Crippen molar-refractivity contribution in [3.63, 3.8) is 0 Å². The maximum absolute atomic E-state index is 13.2. The van der Waals surface area contributed by atoms with Crippen molar-refractivity contribution in [3.05, 3.63) is 70.0 Å². The van der Waals surface area contributed by atoms with Crippen molar-refractivity contribution in [3.8, 4) is 0 Å². The largest absolute Gasteiger partial charge is 0.207 e. The Hall–Kier alpha value is -1.34. The van der Waals surface area contributed by atoms with Gasteiger partial charge in [0, 0.05) is 0 Å². The Kier molecular flexibility index (Phi) is 3.72. The van der Waals surface area contributed by atoms with Crippen molar-refractivity contribution in [1.82, 2.24) is 0 Å². The summed E-state index contributed by atoms with van der Waals surface area (Å²) in [6.45, 7) is 5.86. The second-order valence-corrected chi connectivity index (χ2v) is 5.23. The lowest BCUT2D eigenvalue weighted by Crippen LogP contribution is -1.96. The maximum atomic E-state index is 13.2. The first-order valence-corrected chi connectivity index (χ1v) is 6.39. The summed E-state index contributed by atoms with van der Waals surface area (Å²) in [5.41, 5.74) is 4.99. The molecule has 0 aliphatic heterocycles. The summed E-state index contributed by atoms with van der Waals surface area (Å²) < 4.78 is 13.2. The van der Waals surface area contributed by atoms with Crippen LogP contribution in [0, 0.1) is 26.6 Å². The molecule has 2 aromatic carbocycles. The minimum atomic E-state index is -0.233. The predicted molar refractivity (Wildman–Crippen MR) is 74.7 cm³/mol. The van der Waals surface area contributed by atoms with E-state index in [9.17, 15) is 4.39 Å². The molecule has 0 fully saturated rings. The number of aryl methyl sites for hydroxylation is 3. The third kappa shape index (κ3) is 2.73. The highest BCUT2D eigenvalue weighted by molar-refractivity contribution is 6.22. The van der Waals surface area contributed by atoms with Crippen molar-refractivity contribution in [2.45, 2.75) is 26.1 Å². The van der Waals surface area contributed by atoms with Gasteiger partial charge in [-0.15, -0.1) is 11.6 Å². The monoisotopic (exact) mass is 262 g/mol. The number of benzene rings is 2. The summed E-state index contributed by atoms with van der Waals surface area (Å²) >= 11 is 6.48. The molecular formula is C16H16ClF. The minimum absolute atomic E-state index is 0.192. The van der Waals surface area contributed by atoms with E-state index in [1.54, 1.807) is 13.0 Å². The van der Waals surface area contributed by atoms with Crippen molar-refractivity contribution in [2.75, 3.05) is 0 Å². The molecule has 1 atom stereocenters. The molecule has 0 saturated heterocycles. The van der Waals surface area contributed by atoms with Crippen molar-refractivity contribution >= 4 is 11.6 Å². The van der Waals surface area contributed by atoms with Gasteiger partial charge in [-0.25, -0.2) is 4.39 Å². The van der Waals surface area contributed by atoms with Gasteiger partial charge >= 0.3 is 0 Å². The molecule has 0 aromatic heterocycles. The van der Waals surface area contributed by atoms with E-state index in [-0.39, 0.29) is 11.2 Å². The molecule has 0 radical (unpaired) electrons. The van der Waals surface area contributed by atoms with Gasteiger partial charge in [-0.2, -0.15) is 0 Å². The van der Waals surface area contributed by atoms with Crippen molar-refractivity contribution in [1.29, 1.82) is 0 Å². The lowest BCUT2D eigenvalue weighted by molar-refractivity contribution is 0.617. The molecular weight excluding hydrogens is 247 g/mol. The first-order chi connectivity index (χ1) is 8.47. The van der Waals surface area contributed by atoms with Gasteiger partial charge in [0.15, 0.2) is 0 Å². The summed E-state index contributed by atoms with van der Waals surface area (Å²) in [6, 6.07) is 11.3. The molecule has 2 rings (SSSR count). The van der Waals surface area contributed by atoms with Gasteiger partial charge in [0.2, 0.25) is 0 Å². The fourth-order valence-electron chi connectivity index (χ4n) is 2.17. The van der Waals surface area contributed by atoms with Gasteiger partial charge in [-0.3, -0.25) is 0 Å². The van der Waals surface area contributed by atoms with Crippen LogP contribution in [0.4, 0.5) is 4.39 Å². The average Bonchev–Trinajstić information content (AvgIpc) is 2.30. The summed E-state index contributed by atoms with van der Waals surface area (Å²) in [4.78, 5) is 0. The van der Waals surface area contributed by atoms with Gasteiger partial charge < -0.3 is 0 Å². The Balaban J connectivity index is 2.40. The molecule has 94 valence electrons. The topological polar surface area (TPSA) is 0 Å². The van der Waals surface area contributed by atoms with Crippen molar-refractivity contribution in [2.24, 2.45) is 0 Å². The zero-order valence-electron chi connectivity index (χ0n) is 10.8. The van der Waals surface area contributed by atoms with Crippen LogP contribution in [0.1, 0.15) is 33.2 Å². The van der Waals surface area contributed by atoms with Crippen LogP contribution in [0.25, 0.3) is 0 Å². The van der Waals surface area contributed by atoms with Crippen LogP contribution in [0.3, 0.4) is 0 Å². The van der Waals surface area contributed by atoms with Crippen LogP contribution in [-0.4, -0.2) is 0 Å². The van der Waals surface area contributed by atoms with E-state index in [4.69, 9.17) is 11.6 Å². The molecule has 0 N–H and O–H groups in total. The highest BCUT2D eigenvalue weighted by atomic mass is 35.5. The number of hydrogen-bond donors (Lipinski definition) is 0. The Morgan fingerprint density at radius 3 is 2.06 bits per heavy atom. The molecule has 0 aliphatic carbocycles. The average molecular weight is 263 g/mol. The summed E-state index contributed by atoms with van der Waals surface area (Å²) in [7, 11) is 0. The van der Waals surface area contributed by atoms with Gasteiger partial charge in [-0.05, 0) is 43.5 Å². The van der Waals surface area contributed by atoms with Crippen LogP contribution in [0.2, 0.25) is 0 Å². The molecule has 0 bridgehead atoms. The third-order valence-electron chi connectivity index (χ3n) is 3.01. The van der Waals surface area contributed by atoms with Gasteiger partial charge in [0.05, 0.1) is 5.38 Å². The lowest BCUT2D eigenvalue weighted by Gasteiger charge is -2.13. The zero-order chi connectivity index (χ0) is 13.3.